The summed E-state index contributed by atoms with van der Waals surface area (Å²) in [6, 6.07) is 4.40. The van der Waals surface area contributed by atoms with E-state index in [4.69, 9.17) is 11.6 Å². The van der Waals surface area contributed by atoms with Crippen molar-refractivity contribution in [3.05, 3.63) is 41.1 Å². The highest BCUT2D eigenvalue weighted by Crippen LogP contribution is 2.24. The Hall–Kier alpha value is -1.00. The lowest BCUT2D eigenvalue weighted by atomic mass is 10.1. The lowest BCUT2D eigenvalue weighted by molar-refractivity contribution is 0.631. The topological polar surface area (TPSA) is 28.7 Å². The Morgan fingerprint density at radius 3 is 2.93 bits per heavy atom. The van der Waals surface area contributed by atoms with E-state index in [1.54, 1.807) is 12.3 Å². The number of H-pyrrole nitrogens is 1. The van der Waals surface area contributed by atoms with Crippen LogP contribution in [0.1, 0.15) is 5.82 Å². The lowest BCUT2D eigenvalue weighted by Gasteiger charge is -2.00. The van der Waals surface area contributed by atoms with Crippen molar-refractivity contribution < 1.29 is 4.39 Å². The van der Waals surface area contributed by atoms with Crippen LogP contribution in [0.4, 0.5) is 4.39 Å². The van der Waals surface area contributed by atoms with Gasteiger partial charge in [-0.25, -0.2) is 9.37 Å². The fourth-order valence-corrected chi connectivity index (χ4v) is 1.62. The monoisotopic (exact) mass is 242 g/mol. The molecule has 0 saturated heterocycles. The Morgan fingerprint density at radius 1 is 1.47 bits per heavy atom. The summed E-state index contributed by atoms with van der Waals surface area (Å²) in [5.74, 6) is 0.865. The average molecular weight is 243 g/mol. The second-order valence-electron chi connectivity index (χ2n) is 3.03. The molecule has 15 heavy (non-hydrogen) atoms. The summed E-state index contributed by atoms with van der Waals surface area (Å²) < 4.78 is 13.4. The molecule has 0 aliphatic carbocycles. The van der Waals surface area contributed by atoms with Crippen LogP contribution in [0.2, 0.25) is 5.02 Å². The molecule has 5 heteroatoms. The Labute approximate surface area is 96.9 Å². The van der Waals surface area contributed by atoms with Crippen LogP contribution in [0.25, 0.3) is 11.3 Å². The van der Waals surface area contributed by atoms with Gasteiger partial charge in [0.15, 0.2) is 0 Å². The summed E-state index contributed by atoms with van der Waals surface area (Å²) in [5.41, 5.74) is 1.03. The zero-order valence-electron chi connectivity index (χ0n) is 7.67. The van der Waals surface area contributed by atoms with Gasteiger partial charge < -0.3 is 4.98 Å². The van der Waals surface area contributed by atoms with Crippen LogP contribution in [0.5, 0.6) is 0 Å². The van der Waals surface area contributed by atoms with Crippen LogP contribution in [0.15, 0.2) is 24.4 Å². The fourth-order valence-electron chi connectivity index (χ4n) is 1.28. The average Bonchev–Trinajstić information content (AvgIpc) is 2.70. The van der Waals surface area contributed by atoms with Crippen molar-refractivity contribution in [3.8, 4) is 11.3 Å². The number of nitrogens with one attached hydrogen (secondary N) is 1. The van der Waals surface area contributed by atoms with E-state index in [0.29, 0.717) is 27.9 Å². The number of benzene rings is 1. The van der Waals surface area contributed by atoms with Crippen molar-refractivity contribution in [1.82, 2.24) is 9.97 Å². The summed E-state index contributed by atoms with van der Waals surface area (Å²) in [5, 5.41) is 0.494. The summed E-state index contributed by atoms with van der Waals surface area (Å²) in [4.78, 5) is 7.00. The quantitative estimate of drug-likeness (QED) is 0.778. The van der Waals surface area contributed by atoms with Crippen molar-refractivity contribution >= 4 is 24.2 Å². The SMILES string of the molecule is Fc1ccc(Cl)cc1-c1cnc(CS)[nH]1. The van der Waals surface area contributed by atoms with Gasteiger partial charge in [-0.15, -0.1) is 0 Å². The van der Waals surface area contributed by atoms with Gasteiger partial charge in [-0.2, -0.15) is 12.6 Å². The minimum atomic E-state index is -0.325. The second kappa shape index (κ2) is 4.24. The molecule has 0 fully saturated rings. The third kappa shape index (κ3) is 2.16. The van der Waals surface area contributed by atoms with E-state index < -0.39 is 0 Å². The number of halogens is 2. The van der Waals surface area contributed by atoms with Crippen LogP contribution in [-0.2, 0) is 5.75 Å². The van der Waals surface area contributed by atoms with Crippen LogP contribution in [-0.4, -0.2) is 9.97 Å². The maximum Gasteiger partial charge on any atom is 0.132 e. The number of thiol groups is 1. The molecular formula is C10H8ClFN2S. The number of imidazole rings is 1. The molecule has 2 rings (SSSR count). The summed E-state index contributed by atoms with van der Waals surface area (Å²) in [6.45, 7) is 0. The molecule has 0 unspecified atom stereocenters. The van der Waals surface area contributed by atoms with Gasteiger partial charge in [0.05, 0.1) is 11.9 Å². The minimum absolute atomic E-state index is 0.325. The highest BCUT2D eigenvalue weighted by atomic mass is 35.5. The standard InChI is InChI=1S/C10H8ClFN2S/c11-6-1-2-8(12)7(3-6)9-4-13-10(5-15)14-9/h1-4,15H,5H2,(H,13,14). The third-order valence-corrected chi connectivity index (χ3v) is 2.53. The molecule has 1 N–H and O–H groups in total. The van der Waals surface area contributed by atoms with Gasteiger partial charge in [0.1, 0.15) is 11.6 Å². The molecule has 0 aliphatic rings. The minimum Gasteiger partial charge on any atom is -0.341 e. The molecule has 0 atom stereocenters. The first kappa shape index (κ1) is 10.5. The zero-order chi connectivity index (χ0) is 10.8. The molecule has 1 aromatic carbocycles. The van der Waals surface area contributed by atoms with Crippen molar-refractivity contribution in [2.45, 2.75) is 5.75 Å². The van der Waals surface area contributed by atoms with E-state index in [1.165, 1.54) is 12.1 Å². The van der Waals surface area contributed by atoms with Gasteiger partial charge in [0, 0.05) is 16.3 Å². The predicted molar refractivity (Wildman–Crippen MR) is 61.7 cm³/mol. The first-order valence-electron chi connectivity index (χ1n) is 4.31. The Morgan fingerprint density at radius 2 is 2.27 bits per heavy atom. The highest BCUT2D eigenvalue weighted by molar-refractivity contribution is 7.79. The molecule has 0 bridgehead atoms. The van der Waals surface area contributed by atoms with E-state index in [0.717, 1.165) is 0 Å². The highest BCUT2D eigenvalue weighted by Gasteiger charge is 2.08. The molecule has 2 nitrogen and oxygen atoms in total. The van der Waals surface area contributed by atoms with E-state index in [-0.39, 0.29) is 5.82 Å². The number of rotatable bonds is 2. The van der Waals surface area contributed by atoms with Crippen LogP contribution in [0.3, 0.4) is 0 Å². The van der Waals surface area contributed by atoms with Crippen molar-refractivity contribution in [2.75, 3.05) is 0 Å². The van der Waals surface area contributed by atoms with E-state index in [2.05, 4.69) is 22.6 Å². The van der Waals surface area contributed by atoms with E-state index in [1.807, 2.05) is 0 Å². The normalized spacial score (nSPS) is 10.6. The summed E-state index contributed by atoms with van der Waals surface area (Å²) in [6.07, 6.45) is 1.57. The van der Waals surface area contributed by atoms with Gasteiger partial charge in [-0.05, 0) is 18.2 Å². The van der Waals surface area contributed by atoms with Gasteiger partial charge in [0.25, 0.3) is 0 Å². The lowest BCUT2D eigenvalue weighted by Crippen LogP contribution is -1.85. The molecule has 0 amide bonds. The van der Waals surface area contributed by atoms with Crippen LogP contribution in [0, 0.1) is 5.82 Å². The van der Waals surface area contributed by atoms with Gasteiger partial charge >= 0.3 is 0 Å². The zero-order valence-corrected chi connectivity index (χ0v) is 9.32. The molecule has 0 radical (unpaired) electrons. The second-order valence-corrected chi connectivity index (χ2v) is 3.78. The molecular weight excluding hydrogens is 235 g/mol. The van der Waals surface area contributed by atoms with Crippen molar-refractivity contribution in [3.63, 3.8) is 0 Å². The number of aromatic nitrogens is 2. The molecule has 0 spiro atoms. The maximum atomic E-state index is 13.4. The number of aromatic amines is 1. The van der Waals surface area contributed by atoms with Gasteiger partial charge in [0.2, 0.25) is 0 Å². The van der Waals surface area contributed by atoms with Gasteiger partial charge in [-0.3, -0.25) is 0 Å². The predicted octanol–water partition coefficient (Wildman–Crippen LogP) is 3.30. The smallest absolute Gasteiger partial charge is 0.132 e. The molecule has 1 heterocycles. The van der Waals surface area contributed by atoms with Crippen LogP contribution >= 0.6 is 24.2 Å². The molecule has 1 aromatic heterocycles. The first-order chi connectivity index (χ1) is 7.20. The molecule has 0 aliphatic heterocycles. The molecule has 0 saturated carbocycles. The van der Waals surface area contributed by atoms with E-state index in [9.17, 15) is 4.39 Å². The van der Waals surface area contributed by atoms with Crippen LogP contribution < -0.4 is 0 Å². The van der Waals surface area contributed by atoms with Crippen molar-refractivity contribution in [2.24, 2.45) is 0 Å². The first-order valence-corrected chi connectivity index (χ1v) is 5.32. The van der Waals surface area contributed by atoms with E-state index >= 15 is 0 Å². The Bertz CT molecular complexity index is 484. The van der Waals surface area contributed by atoms with Gasteiger partial charge in [-0.1, -0.05) is 11.6 Å². The number of nitrogens with zero attached hydrogens (tertiary/aromatic N) is 1. The summed E-state index contributed by atoms with van der Waals surface area (Å²) >= 11 is 9.86. The third-order valence-electron chi connectivity index (χ3n) is 2.00. The summed E-state index contributed by atoms with van der Waals surface area (Å²) in [7, 11) is 0. The van der Waals surface area contributed by atoms with Crippen molar-refractivity contribution in [1.29, 1.82) is 0 Å². The Kier molecular flexibility index (Phi) is 2.98. The molecule has 78 valence electrons. The number of hydrogen-bond donors (Lipinski definition) is 2. The largest absolute Gasteiger partial charge is 0.341 e. The fraction of sp³-hybridized carbons (Fsp3) is 0.100. The Balaban J connectivity index is 2.48. The maximum absolute atomic E-state index is 13.4. The number of hydrogen-bond acceptors (Lipinski definition) is 2. The molecule has 2 aromatic rings.